The monoisotopic (exact) mass is 366 g/mol. The lowest BCUT2D eigenvalue weighted by molar-refractivity contribution is -0.133. The van der Waals surface area contributed by atoms with Crippen LogP contribution in [0, 0.1) is 5.92 Å². The van der Waals surface area contributed by atoms with E-state index in [2.05, 4.69) is 5.32 Å². The third-order valence-electron chi connectivity index (χ3n) is 3.56. The normalized spacial score (nSPS) is 12.6. The molecule has 140 valence electrons. The fourth-order valence-electron chi connectivity index (χ4n) is 2.27. The first kappa shape index (κ1) is 21.4. The fourth-order valence-corrected chi connectivity index (χ4v) is 2.68. The molecule has 1 atom stereocenters. The maximum Gasteiger partial charge on any atom is 0.408 e. The lowest BCUT2D eigenvalue weighted by atomic mass is 10.0. The van der Waals surface area contributed by atoms with E-state index in [1.807, 2.05) is 44.4 Å². The number of carbonyl (C=O) groups is 2. The predicted octanol–water partition coefficient (Wildman–Crippen LogP) is 3.92. The number of amides is 2. The molecule has 2 amide bonds. The summed E-state index contributed by atoms with van der Waals surface area (Å²) in [5.41, 5.74) is 0.452. The number of carbonyl (C=O) groups excluding carboxylic acids is 2. The molecule has 1 unspecified atom stereocenters. The Hall–Kier alpha value is -1.69. The lowest BCUT2D eigenvalue weighted by Gasteiger charge is -2.28. The minimum atomic E-state index is -0.620. The third kappa shape index (κ3) is 7.38. The molecule has 0 saturated carbocycles. The largest absolute Gasteiger partial charge is 0.444 e. The van der Waals surface area contributed by atoms with E-state index in [-0.39, 0.29) is 11.8 Å². The van der Waals surface area contributed by atoms with Crippen LogP contribution in [0.4, 0.5) is 4.79 Å². The number of rotatable bonds is 6. The van der Waals surface area contributed by atoms with E-state index in [1.165, 1.54) is 4.90 Å². The second kappa shape index (κ2) is 9.13. The Labute approximate surface area is 155 Å². The quantitative estimate of drug-likeness (QED) is 0.775. The molecule has 0 spiro atoms. The van der Waals surface area contributed by atoms with Crippen molar-refractivity contribution in [1.82, 2.24) is 10.2 Å². The van der Waals surface area contributed by atoms with Crippen LogP contribution in [0.1, 0.15) is 40.2 Å². The molecule has 1 rings (SSSR count). The van der Waals surface area contributed by atoms with E-state index in [0.717, 1.165) is 5.56 Å². The molecule has 0 aromatic heterocycles. The number of nitrogens with zero attached hydrogens (tertiary/aromatic N) is 1. The number of alkyl carbamates (subject to hydrolysis) is 1. The highest BCUT2D eigenvalue weighted by Gasteiger charge is 2.29. The topological polar surface area (TPSA) is 58.6 Å². The van der Waals surface area contributed by atoms with Crippen molar-refractivity contribution in [2.45, 2.75) is 57.7 Å². The second-order valence-electron chi connectivity index (χ2n) is 7.41. The van der Waals surface area contributed by atoms with Crippen LogP contribution in [0.25, 0.3) is 0 Å². The van der Waals surface area contributed by atoms with Gasteiger partial charge < -0.3 is 15.0 Å². The van der Waals surface area contributed by atoms with E-state index in [9.17, 15) is 9.59 Å². The van der Waals surface area contributed by atoms with E-state index in [4.69, 9.17) is 4.74 Å². The van der Waals surface area contributed by atoms with Crippen LogP contribution in [0.2, 0.25) is 0 Å². The van der Waals surface area contributed by atoms with Gasteiger partial charge in [0.25, 0.3) is 0 Å². The number of hydrogen-bond acceptors (Lipinski definition) is 4. The summed E-state index contributed by atoms with van der Waals surface area (Å²) in [6.07, 6.45) is 1.46. The van der Waals surface area contributed by atoms with Crippen LogP contribution in [0.15, 0.2) is 29.2 Å². The molecule has 5 nitrogen and oxygen atoms in total. The SMILES string of the molecule is CSc1ccc(CN(C)C(=O)C(NC(=O)OC(C)(C)C)C(C)C)cc1. The van der Waals surface area contributed by atoms with Gasteiger partial charge in [0, 0.05) is 18.5 Å². The number of likely N-dealkylation sites (N-methyl/N-ethyl adjacent to an activating group) is 1. The van der Waals surface area contributed by atoms with Gasteiger partial charge in [-0.2, -0.15) is 0 Å². The highest BCUT2D eigenvalue weighted by molar-refractivity contribution is 7.98. The Bertz CT molecular complexity index is 579. The van der Waals surface area contributed by atoms with Gasteiger partial charge in [0.2, 0.25) is 5.91 Å². The Balaban J connectivity index is 2.74. The summed E-state index contributed by atoms with van der Waals surface area (Å²) in [6.45, 7) is 9.68. The van der Waals surface area contributed by atoms with Crippen LogP contribution >= 0.6 is 11.8 Å². The van der Waals surface area contributed by atoms with E-state index in [1.54, 1.807) is 44.5 Å². The van der Waals surface area contributed by atoms with E-state index >= 15 is 0 Å². The predicted molar refractivity (Wildman–Crippen MR) is 103 cm³/mol. The van der Waals surface area contributed by atoms with Crippen molar-refractivity contribution in [3.63, 3.8) is 0 Å². The average Bonchev–Trinajstić information content (AvgIpc) is 2.50. The van der Waals surface area contributed by atoms with Crippen LogP contribution in [-0.4, -0.2) is 41.8 Å². The van der Waals surface area contributed by atoms with Gasteiger partial charge >= 0.3 is 6.09 Å². The minimum Gasteiger partial charge on any atom is -0.444 e. The van der Waals surface area contributed by atoms with Crippen LogP contribution < -0.4 is 5.32 Å². The fraction of sp³-hybridized carbons (Fsp3) is 0.579. The van der Waals surface area contributed by atoms with Crippen molar-refractivity contribution in [3.8, 4) is 0 Å². The Morgan fingerprint density at radius 1 is 1.20 bits per heavy atom. The number of nitrogens with one attached hydrogen (secondary N) is 1. The molecule has 0 aliphatic carbocycles. The molecule has 6 heteroatoms. The summed E-state index contributed by atoms with van der Waals surface area (Å²) in [5, 5.41) is 2.70. The smallest absolute Gasteiger partial charge is 0.408 e. The molecule has 0 aliphatic rings. The molecule has 0 heterocycles. The summed E-state index contributed by atoms with van der Waals surface area (Å²) < 4.78 is 5.27. The first-order chi connectivity index (χ1) is 11.5. The van der Waals surface area contributed by atoms with Gasteiger partial charge in [0.15, 0.2) is 0 Å². The van der Waals surface area contributed by atoms with Gasteiger partial charge in [-0.05, 0) is 50.6 Å². The summed E-state index contributed by atoms with van der Waals surface area (Å²) in [5.74, 6) is -0.170. The van der Waals surface area contributed by atoms with Gasteiger partial charge in [0.1, 0.15) is 11.6 Å². The number of ether oxygens (including phenoxy) is 1. The van der Waals surface area contributed by atoms with Crippen molar-refractivity contribution in [3.05, 3.63) is 29.8 Å². The van der Waals surface area contributed by atoms with Gasteiger partial charge in [-0.3, -0.25) is 4.79 Å². The summed E-state index contributed by atoms with van der Waals surface area (Å²) in [6, 6.07) is 7.49. The van der Waals surface area contributed by atoms with Crippen LogP contribution in [-0.2, 0) is 16.1 Å². The molecule has 0 radical (unpaired) electrons. The van der Waals surface area contributed by atoms with Crippen LogP contribution in [0.5, 0.6) is 0 Å². The van der Waals surface area contributed by atoms with Crippen molar-refractivity contribution in [2.75, 3.05) is 13.3 Å². The third-order valence-corrected chi connectivity index (χ3v) is 4.30. The summed E-state index contributed by atoms with van der Waals surface area (Å²) in [4.78, 5) is 27.6. The van der Waals surface area contributed by atoms with Crippen molar-refractivity contribution >= 4 is 23.8 Å². The van der Waals surface area contributed by atoms with Crippen molar-refractivity contribution in [1.29, 1.82) is 0 Å². The lowest BCUT2D eigenvalue weighted by Crippen LogP contribution is -2.51. The molecule has 0 bridgehead atoms. The van der Waals surface area contributed by atoms with Gasteiger partial charge in [0.05, 0.1) is 0 Å². The zero-order valence-corrected chi connectivity index (χ0v) is 17.1. The van der Waals surface area contributed by atoms with E-state index in [0.29, 0.717) is 6.54 Å². The number of hydrogen-bond donors (Lipinski definition) is 1. The zero-order valence-electron chi connectivity index (χ0n) is 16.3. The van der Waals surface area contributed by atoms with Crippen molar-refractivity contribution in [2.24, 2.45) is 5.92 Å². The first-order valence-corrected chi connectivity index (χ1v) is 9.63. The molecule has 0 aliphatic heterocycles. The van der Waals surface area contributed by atoms with Crippen molar-refractivity contribution < 1.29 is 14.3 Å². The molecular weight excluding hydrogens is 336 g/mol. The Kier molecular flexibility index (Phi) is 7.80. The molecule has 0 fully saturated rings. The average molecular weight is 367 g/mol. The molecule has 0 saturated heterocycles. The highest BCUT2D eigenvalue weighted by atomic mass is 32.2. The van der Waals surface area contributed by atoms with Crippen LogP contribution in [0.3, 0.4) is 0 Å². The van der Waals surface area contributed by atoms with Gasteiger partial charge in [-0.25, -0.2) is 4.79 Å². The Morgan fingerprint density at radius 3 is 2.20 bits per heavy atom. The van der Waals surface area contributed by atoms with Gasteiger partial charge in [-0.15, -0.1) is 11.8 Å². The molecule has 1 aromatic rings. The molecule has 1 aromatic carbocycles. The molecular formula is C19H30N2O3S. The molecule has 1 N–H and O–H groups in total. The minimum absolute atomic E-state index is 0.0404. The van der Waals surface area contributed by atoms with Gasteiger partial charge in [-0.1, -0.05) is 26.0 Å². The first-order valence-electron chi connectivity index (χ1n) is 8.41. The zero-order chi connectivity index (χ0) is 19.2. The summed E-state index contributed by atoms with van der Waals surface area (Å²) in [7, 11) is 1.75. The van der Waals surface area contributed by atoms with E-state index < -0.39 is 17.7 Å². The number of thioether (sulfide) groups is 1. The highest BCUT2D eigenvalue weighted by Crippen LogP contribution is 2.16. The summed E-state index contributed by atoms with van der Waals surface area (Å²) >= 11 is 1.68. The second-order valence-corrected chi connectivity index (χ2v) is 8.29. The standard InChI is InChI=1S/C19H30N2O3S/c1-13(2)16(20-18(23)24-19(3,4)5)17(22)21(6)12-14-8-10-15(25-7)11-9-14/h8-11,13,16H,12H2,1-7H3,(H,20,23). The molecule has 25 heavy (non-hydrogen) atoms. The maximum absolute atomic E-state index is 12.8. The maximum atomic E-state index is 12.8. The number of benzene rings is 1. The Morgan fingerprint density at radius 2 is 1.76 bits per heavy atom.